The third-order valence-electron chi connectivity index (χ3n) is 3.86. The van der Waals surface area contributed by atoms with E-state index >= 15 is 0 Å². The molecule has 7 heteroatoms. The summed E-state index contributed by atoms with van der Waals surface area (Å²) in [4.78, 5) is 14.0. The molecule has 0 radical (unpaired) electrons. The third kappa shape index (κ3) is 4.23. The number of hydrogen-bond donors (Lipinski definition) is 1. The third-order valence-corrected chi connectivity index (χ3v) is 3.86. The molecule has 1 N–H and O–H groups in total. The number of nitriles is 1. The van der Waals surface area contributed by atoms with E-state index in [9.17, 15) is 18.0 Å². The summed E-state index contributed by atoms with van der Waals surface area (Å²) in [6.07, 6.45) is -2.75. The van der Waals surface area contributed by atoms with Gasteiger partial charge in [0.05, 0.1) is 11.6 Å². The van der Waals surface area contributed by atoms with Gasteiger partial charge in [-0.25, -0.2) is 0 Å². The number of amides is 1. The molecule has 1 atom stereocenters. The van der Waals surface area contributed by atoms with E-state index in [-0.39, 0.29) is 5.56 Å². The van der Waals surface area contributed by atoms with Crippen molar-refractivity contribution in [3.8, 4) is 6.07 Å². The van der Waals surface area contributed by atoms with Crippen molar-refractivity contribution in [2.45, 2.75) is 31.5 Å². The van der Waals surface area contributed by atoms with Gasteiger partial charge in [-0.2, -0.15) is 18.4 Å². The molecule has 2 rings (SSSR count). The quantitative estimate of drug-likeness (QED) is 0.847. The number of alkyl halides is 3. The van der Waals surface area contributed by atoms with E-state index in [2.05, 4.69) is 5.32 Å². The fourth-order valence-electron chi connectivity index (χ4n) is 2.81. The molecule has 23 heavy (non-hydrogen) atoms. The summed E-state index contributed by atoms with van der Waals surface area (Å²) < 4.78 is 39.7. The van der Waals surface area contributed by atoms with Crippen molar-refractivity contribution < 1.29 is 18.0 Å². The maximum Gasteiger partial charge on any atom is 0.416 e. The van der Waals surface area contributed by atoms with E-state index in [1.165, 1.54) is 18.2 Å². The summed E-state index contributed by atoms with van der Waals surface area (Å²) >= 11 is 0. The van der Waals surface area contributed by atoms with Crippen LogP contribution in [-0.2, 0) is 11.0 Å². The highest BCUT2D eigenvalue weighted by molar-refractivity contribution is 5.84. The minimum Gasteiger partial charge on any atom is -0.353 e. The molecule has 1 aromatic rings. The average Bonchev–Trinajstić information content (AvgIpc) is 2.51. The summed E-state index contributed by atoms with van der Waals surface area (Å²) in [5.74, 6) is -0.409. The van der Waals surface area contributed by atoms with Crippen molar-refractivity contribution in [3.05, 3.63) is 35.4 Å². The lowest BCUT2D eigenvalue weighted by atomic mass is 9.96. The van der Waals surface area contributed by atoms with E-state index in [4.69, 9.17) is 5.26 Å². The maximum atomic E-state index is 13.2. The molecule has 0 bridgehead atoms. The molecule has 1 heterocycles. The fraction of sp³-hybridized carbons (Fsp3) is 0.500. The Hall–Kier alpha value is -2.07. The number of benzene rings is 1. The second-order valence-corrected chi connectivity index (χ2v) is 5.43. The lowest BCUT2D eigenvalue weighted by Crippen LogP contribution is -2.50. The summed E-state index contributed by atoms with van der Waals surface area (Å²) in [7, 11) is 0. The van der Waals surface area contributed by atoms with Crippen molar-refractivity contribution in [3.63, 3.8) is 0 Å². The second kappa shape index (κ2) is 7.47. The smallest absolute Gasteiger partial charge is 0.353 e. The van der Waals surface area contributed by atoms with Crippen LogP contribution < -0.4 is 5.32 Å². The van der Waals surface area contributed by atoms with Crippen molar-refractivity contribution in [1.82, 2.24) is 10.2 Å². The normalized spacial score (nSPS) is 19.2. The Morgan fingerprint density at radius 3 is 2.74 bits per heavy atom. The molecule has 0 aromatic heterocycles. The Labute approximate surface area is 132 Å². The van der Waals surface area contributed by atoms with Crippen LogP contribution in [0.3, 0.4) is 0 Å². The van der Waals surface area contributed by atoms with Crippen molar-refractivity contribution >= 4 is 5.91 Å². The predicted octanol–water partition coefficient (Wildman–Crippen LogP) is 2.87. The van der Waals surface area contributed by atoms with E-state index in [1.54, 1.807) is 4.90 Å². The van der Waals surface area contributed by atoms with Gasteiger partial charge in [-0.05, 0) is 31.0 Å². The van der Waals surface area contributed by atoms with Gasteiger partial charge in [0.1, 0.15) is 6.04 Å². The van der Waals surface area contributed by atoms with Crippen LogP contribution in [0.2, 0.25) is 0 Å². The minimum atomic E-state index is -4.50. The van der Waals surface area contributed by atoms with Crippen LogP contribution in [0.15, 0.2) is 24.3 Å². The van der Waals surface area contributed by atoms with E-state index in [0.717, 1.165) is 6.07 Å². The second-order valence-electron chi connectivity index (χ2n) is 5.43. The first kappa shape index (κ1) is 17.3. The fourth-order valence-corrected chi connectivity index (χ4v) is 2.81. The molecule has 0 saturated carbocycles. The van der Waals surface area contributed by atoms with E-state index < -0.39 is 23.7 Å². The van der Waals surface area contributed by atoms with Crippen molar-refractivity contribution in [2.24, 2.45) is 0 Å². The topological polar surface area (TPSA) is 56.1 Å². The van der Waals surface area contributed by atoms with Gasteiger partial charge < -0.3 is 5.32 Å². The monoisotopic (exact) mass is 325 g/mol. The number of carbonyl (C=O) groups is 1. The average molecular weight is 325 g/mol. The van der Waals surface area contributed by atoms with Crippen LogP contribution in [0.5, 0.6) is 0 Å². The van der Waals surface area contributed by atoms with Gasteiger partial charge in [0.15, 0.2) is 0 Å². The number of carbonyl (C=O) groups excluding carboxylic acids is 1. The summed E-state index contributed by atoms with van der Waals surface area (Å²) in [5.41, 5.74) is -0.790. The van der Waals surface area contributed by atoms with Gasteiger partial charge in [0.2, 0.25) is 5.91 Å². The van der Waals surface area contributed by atoms with Crippen LogP contribution >= 0.6 is 0 Å². The van der Waals surface area contributed by atoms with Gasteiger partial charge in [0, 0.05) is 19.5 Å². The number of rotatable bonds is 5. The lowest BCUT2D eigenvalue weighted by Gasteiger charge is -2.36. The molecule has 1 amide bonds. The van der Waals surface area contributed by atoms with Gasteiger partial charge in [-0.3, -0.25) is 9.69 Å². The molecule has 1 aliphatic rings. The molecule has 1 fully saturated rings. The predicted molar refractivity (Wildman–Crippen MR) is 78.2 cm³/mol. The number of nitrogens with zero attached hydrogens (tertiary/aromatic N) is 2. The molecule has 0 aliphatic carbocycles. The molecular formula is C16H18F3N3O. The zero-order valence-electron chi connectivity index (χ0n) is 12.6. The standard InChI is InChI=1S/C16H18F3N3O/c17-16(18,19)13-7-3-2-6-12(13)14-15(23)21-9-11-22(14)10-5-1-4-8-20/h2-3,6-7,14H,1,4-5,9-11H2,(H,21,23)/t14-/m0/s1. The zero-order chi connectivity index (χ0) is 16.9. The van der Waals surface area contributed by atoms with Crippen LogP contribution in [0.1, 0.15) is 36.4 Å². The Bertz CT molecular complexity index is 595. The van der Waals surface area contributed by atoms with Crippen LogP contribution in [0, 0.1) is 11.3 Å². The highest BCUT2D eigenvalue weighted by atomic mass is 19.4. The number of nitrogens with one attached hydrogen (secondary N) is 1. The summed E-state index contributed by atoms with van der Waals surface area (Å²) in [6.45, 7) is 1.41. The number of unbranched alkanes of at least 4 members (excludes halogenated alkanes) is 2. The molecule has 1 saturated heterocycles. The first-order valence-electron chi connectivity index (χ1n) is 7.50. The van der Waals surface area contributed by atoms with Crippen LogP contribution in [0.25, 0.3) is 0 Å². The lowest BCUT2D eigenvalue weighted by molar-refractivity contribution is -0.140. The largest absolute Gasteiger partial charge is 0.416 e. The molecule has 0 spiro atoms. The molecule has 4 nitrogen and oxygen atoms in total. The number of piperazine rings is 1. The minimum absolute atomic E-state index is 0.0162. The molecule has 1 aliphatic heterocycles. The Morgan fingerprint density at radius 1 is 1.30 bits per heavy atom. The summed E-state index contributed by atoms with van der Waals surface area (Å²) in [5, 5.41) is 11.2. The molecule has 1 aromatic carbocycles. The van der Waals surface area contributed by atoms with E-state index in [1.807, 2.05) is 6.07 Å². The Morgan fingerprint density at radius 2 is 2.04 bits per heavy atom. The Balaban J connectivity index is 2.26. The van der Waals surface area contributed by atoms with Crippen molar-refractivity contribution in [2.75, 3.05) is 19.6 Å². The van der Waals surface area contributed by atoms with Crippen LogP contribution in [-0.4, -0.2) is 30.4 Å². The molecule has 124 valence electrons. The molecular weight excluding hydrogens is 307 g/mol. The van der Waals surface area contributed by atoms with Crippen molar-refractivity contribution in [1.29, 1.82) is 5.26 Å². The SMILES string of the molecule is N#CCCCCN1CCNC(=O)[C@@H]1c1ccccc1C(F)(F)F. The summed E-state index contributed by atoms with van der Waals surface area (Å²) in [6, 6.07) is 6.30. The Kier molecular flexibility index (Phi) is 5.61. The number of hydrogen-bond acceptors (Lipinski definition) is 3. The first-order chi connectivity index (χ1) is 10.9. The van der Waals surface area contributed by atoms with Gasteiger partial charge in [-0.15, -0.1) is 0 Å². The zero-order valence-corrected chi connectivity index (χ0v) is 12.6. The first-order valence-corrected chi connectivity index (χ1v) is 7.50. The number of halogens is 3. The maximum absolute atomic E-state index is 13.2. The highest BCUT2D eigenvalue weighted by Crippen LogP contribution is 2.37. The van der Waals surface area contributed by atoms with Crippen LogP contribution in [0.4, 0.5) is 13.2 Å². The van der Waals surface area contributed by atoms with Gasteiger partial charge in [0.25, 0.3) is 0 Å². The highest BCUT2D eigenvalue weighted by Gasteiger charge is 2.39. The van der Waals surface area contributed by atoms with E-state index in [0.29, 0.717) is 38.9 Å². The molecule has 0 unspecified atom stereocenters. The van der Waals surface area contributed by atoms with Gasteiger partial charge in [-0.1, -0.05) is 18.2 Å². The van der Waals surface area contributed by atoms with Gasteiger partial charge >= 0.3 is 6.18 Å².